The first-order valence-corrected chi connectivity index (χ1v) is 7.94. The van der Waals surface area contributed by atoms with Gasteiger partial charge in [0.05, 0.1) is 0 Å². The molecule has 3 rings (SSSR count). The molecule has 8 heteroatoms. The van der Waals surface area contributed by atoms with E-state index in [2.05, 4.69) is 10.2 Å². The van der Waals surface area contributed by atoms with Crippen LogP contribution in [-0.4, -0.2) is 14.9 Å². The average molecular weight is 353 g/mol. The summed E-state index contributed by atoms with van der Waals surface area (Å²) in [5.74, 6) is 5.27. The van der Waals surface area contributed by atoms with Crippen molar-refractivity contribution in [3.63, 3.8) is 0 Å². The van der Waals surface area contributed by atoms with Gasteiger partial charge in [0.1, 0.15) is 11.6 Å². The molecule has 3 aromatic rings. The van der Waals surface area contributed by atoms with Crippen molar-refractivity contribution in [1.82, 2.24) is 14.9 Å². The molecule has 0 aliphatic rings. The van der Waals surface area contributed by atoms with Gasteiger partial charge in [0.2, 0.25) is 5.16 Å². The summed E-state index contributed by atoms with van der Waals surface area (Å²) in [5.41, 5.74) is 0.724. The lowest BCUT2D eigenvalue weighted by Gasteiger charge is -2.05. The van der Waals surface area contributed by atoms with Gasteiger partial charge in [-0.15, -0.1) is 10.2 Å². The largest absolute Gasteiger partial charge is 0.335 e. The van der Waals surface area contributed by atoms with Crippen LogP contribution in [0.3, 0.4) is 0 Å². The number of nitrogen functional groups attached to an aromatic ring is 1. The molecule has 23 heavy (non-hydrogen) atoms. The standard InChI is InChI=1S/C15H11ClF2N4S/c16-10-6-4-9(5-7-10)14-20-21-15(22(14)19)23-8-11-12(17)2-1-3-13(11)18/h1-7H,8,19H2. The van der Waals surface area contributed by atoms with E-state index in [9.17, 15) is 8.78 Å². The van der Waals surface area contributed by atoms with Gasteiger partial charge in [-0.3, -0.25) is 0 Å². The summed E-state index contributed by atoms with van der Waals surface area (Å²) in [7, 11) is 0. The first-order valence-electron chi connectivity index (χ1n) is 6.58. The minimum absolute atomic E-state index is 0.0199. The van der Waals surface area contributed by atoms with Crippen molar-refractivity contribution in [2.75, 3.05) is 5.84 Å². The monoisotopic (exact) mass is 352 g/mol. The number of benzene rings is 2. The van der Waals surface area contributed by atoms with Crippen LogP contribution in [0.4, 0.5) is 8.78 Å². The Morgan fingerprint density at radius 3 is 2.35 bits per heavy atom. The van der Waals surface area contributed by atoms with Gasteiger partial charge in [-0.2, -0.15) is 0 Å². The summed E-state index contributed by atoms with van der Waals surface area (Å²) < 4.78 is 28.5. The molecule has 4 nitrogen and oxygen atoms in total. The van der Waals surface area contributed by atoms with E-state index in [-0.39, 0.29) is 11.3 Å². The number of rotatable bonds is 4. The molecule has 2 N–H and O–H groups in total. The van der Waals surface area contributed by atoms with Crippen LogP contribution in [0.5, 0.6) is 0 Å². The molecule has 1 aromatic heterocycles. The highest BCUT2D eigenvalue weighted by Crippen LogP contribution is 2.26. The SMILES string of the molecule is Nn1c(SCc2c(F)cccc2F)nnc1-c1ccc(Cl)cc1. The number of nitrogens with zero attached hydrogens (tertiary/aromatic N) is 3. The molecule has 0 aliphatic heterocycles. The van der Waals surface area contributed by atoms with Crippen LogP contribution < -0.4 is 5.84 Å². The highest BCUT2D eigenvalue weighted by atomic mass is 35.5. The normalized spacial score (nSPS) is 10.9. The molecule has 0 unspecified atom stereocenters. The molecule has 0 radical (unpaired) electrons. The first-order chi connectivity index (χ1) is 11.1. The Kier molecular flexibility index (Phi) is 4.49. The zero-order valence-corrected chi connectivity index (χ0v) is 13.3. The fourth-order valence-electron chi connectivity index (χ4n) is 1.98. The second kappa shape index (κ2) is 6.55. The molecule has 0 bridgehead atoms. The van der Waals surface area contributed by atoms with Crippen LogP contribution in [0.2, 0.25) is 5.02 Å². The van der Waals surface area contributed by atoms with Gasteiger partial charge in [-0.05, 0) is 36.4 Å². The minimum atomic E-state index is -0.599. The van der Waals surface area contributed by atoms with Crippen LogP contribution in [0.1, 0.15) is 5.56 Å². The molecule has 2 aromatic carbocycles. The van der Waals surface area contributed by atoms with E-state index < -0.39 is 11.6 Å². The van der Waals surface area contributed by atoms with Crippen molar-refractivity contribution in [2.45, 2.75) is 10.9 Å². The van der Waals surface area contributed by atoms with E-state index in [0.717, 1.165) is 17.3 Å². The van der Waals surface area contributed by atoms with Crippen molar-refractivity contribution in [3.05, 3.63) is 64.7 Å². The summed E-state index contributed by atoms with van der Waals surface area (Å²) in [4.78, 5) is 0. The van der Waals surface area contributed by atoms with Crippen molar-refractivity contribution >= 4 is 23.4 Å². The van der Waals surface area contributed by atoms with E-state index in [0.29, 0.717) is 16.0 Å². The molecule has 0 saturated heterocycles. The Bertz CT molecular complexity index is 816. The quantitative estimate of drug-likeness (QED) is 0.572. The molecular weight excluding hydrogens is 342 g/mol. The highest BCUT2D eigenvalue weighted by Gasteiger charge is 2.15. The van der Waals surface area contributed by atoms with E-state index in [1.807, 2.05) is 0 Å². The molecule has 0 fully saturated rings. The second-order valence-electron chi connectivity index (χ2n) is 4.67. The summed E-state index contributed by atoms with van der Waals surface area (Å²) in [6.07, 6.45) is 0. The first kappa shape index (κ1) is 15.8. The minimum Gasteiger partial charge on any atom is -0.335 e. The number of aromatic nitrogens is 3. The van der Waals surface area contributed by atoms with Gasteiger partial charge < -0.3 is 5.84 Å². The molecule has 0 spiro atoms. The number of hydrogen-bond acceptors (Lipinski definition) is 4. The maximum Gasteiger partial charge on any atom is 0.210 e. The van der Waals surface area contributed by atoms with Gasteiger partial charge in [-0.1, -0.05) is 29.4 Å². The van der Waals surface area contributed by atoms with Crippen molar-refractivity contribution in [2.24, 2.45) is 0 Å². The van der Waals surface area contributed by atoms with Gasteiger partial charge in [0, 0.05) is 21.9 Å². The summed E-state index contributed by atoms with van der Waals surface area (Å²) in [6, 6.07) is 10.7. The number of nitrogens with two attached hydrogens (primary N) is 1. The summed E-state index contributed by atoms with van der Waals surface area (Å²) >= 11 is 6.95. The van der Waals surface area contributed by atoms with E-state index >= 15 is 0 Å². The topological polar surface area (TPSA) is 56.7 Å². The zero-order valence-electron chi connectivity index (χ0n) is 11.7. The molecule has 118 valence electrons. The van der Waals surface area contributed by atoms with E-state index in [1.165, 1.54) is 22.9 Å². The van der Waals surface area contributed by atoms with Crippen LogP contribution in [0.25, 0.3) is 11.4 Å². The van der Waals surface area contributed by atoms with Gasteiger partial charge >= 0.3 is 0 Å². The average Bonchev–Trinajstić information content (AvgIpc) is 2.89. The lowest BCUT2D eigenvalue weighted by molar-refractivity contribution is 0.566. The van der Waals surface area contributed by atoms with Crippen LogP contribution in [-0.2, 0) is 5.75 Å². The lowest BCUT2D eigenvalue weighted by atomic mass is 10.2. The number of halogens is 3. The van der Waals surface area contributed by atoms with E-state index in [1.54, 1.807) is 24.3 Å². The highest BCUT2D eigenvalue weighted by molar-refractivity contribution is 7.98. The predicted octanol–water partition coefficient (Wildman–Crippen LogP) is 3.88. The molecule has 0 amide bonds. The maximum atomic E-state index is 13.6. The molecular formula is C15H11ClF2N4S. The molecule has 1 heterocycles. The third-order valence-corrected chi connectivity index (χ3v) is 4.40. The van der Waals surface area contributed by atoms with Gasteiger partial charge in [0.25, 0.3) is 0 Å². The number of hydrogen-bond donors (Lipinski definition) is 1. The second-order valence-corrected chi connectivity index (χ2v) is 6.05. The Morgan fingerprint density at radius 1 is 1.04 bits per heavy atom. The van der Waals surface area contributed by atoms with Crippen LogP contribution in [0.15, 0.2) is 47.6 Å². The van der Waals surface area contributed by atoms with Crippen molar-refractivity contribution in [1.29, 1.82) is 0 Å². The maximum absolute atomic E-state index is 13.6. The summed E-state index contributed by atoms with van der Waals surface area (Å²) in [5, 5.41) is 8.93. The number of thioether (sulfide) groups is 1. The fraction of sp³-hybridized carbons (Fsp3) is 0.0667. The smallest absolute Gasteiger partial charge is 0.210 e. The molecule has 0 atom stereocenters. The predicted molar refractivity (Wildman–Crippen MR) is 86.5 cm³/mol. The Hall–Kier alpha value is -2.12. The Balaban J connectivity index is 1.81. The third kappa shape index (κ3) is 3.30. The molecule has 0 aliphatic carbocycles. The van der Waals surface area contributed by atoms with E-state index in [4.69, 9.17) is 17.4 Å². The summed E-state index contributed by atoms with van der Waals surface area (Å²) in [6.45, 7) is 0. The molecule has 0 saturated carbocycles. The van der Waals surface area contributed by atoms with Crippen molar-refractivity contribution in [3.8, 4) is 11.4 Å². The Labute approximate surface area is 140 Å². The van der Waals surface area contributed by atoms with Gasteiger partial charge in [0.15, 0.2) is 5.82 Å². The van der Waals surface area contributed by atoms with Gasteiger partial charge in [-0.25, -0.2) is 13.5 Å². The van der Waals surface area contributed by atoms with Crippen LogP contribution in [0, 0.1) is 11.6 Å². The van der Waals surface area contributed by atoms with Crippen LogP contribution >= 0.6 is 23.4 Å². The third-order valence-electron chi connectivity index (χ3n) is 3.17. The Morgan fingerprint density at radius 2 is 1.70 bits per heavy atom. The fourth-order valence-corrected chi connectivity index (χ4v) is 2.98. The zero-order chi connectivity index (χ0) is 16.4. The van der Waals surface area contributed by atoms with Crippen molar-refractivity contribution < 1.29 is 8.78 Å². The lowest BCUT2D eigenvalue weighted by Crippen LogP contribution is -2.11.